The lowest BCUT2D eigenvalue weighted by molar-refractivity contribution is 0.0706. The molecule has 0 atom stereocenters. The monoisotopic (exact) mass is 289 g/mol. The third-order valence-electron chi connectivity index (χ3n) is 2.41. The first kappa shape index (κ1) is 13.9. The molecular formula is C13H11N3O3S. The number of amides is 2. The van der Waals surface area contributed by atoms with Crippen molar-refractivity contribution >= 4 is 29.4 Å². The average Bonchev–Trinajstić information content (AvgIpc) is 2.99. The van der Waals surface area contributed by atoms with Crippen molar-refractivity contribution < 1.29 is 14.8 Å². The van der Waals surface area contributed by atoms with E-state index in [-0.39, 0.29) is 11.5 Å². The van der Waals surface area contributed by atoms with Crippen molar-refractivity contribution in [1.29, 1.82) is 0 Å². The van der Waals surface area contributed by atoms with Gasteiger partial charge in [0.05, 0.1) is 6.21 Å². The Morgan fingerprint density at radius 1 is 1.10 bits per heavy atom. The van der Waals surface area contributed by atoms with E-state index in [1.807, 2.05) is 17.5 Å². The van der Waals surface area contributed by atoms with E-state index in [2.05, 4.69) is 10.5 Å². The van der Waals surface area contributed by atoms with Gasteiger partial charge in [0.1, 0.15) is 0 Å². The summed E-state index contributed by atoms with van der Waals surface area (Å²) in [6, 6.07) is 9.58. The minimum atomic E-state index is -0.632. The number of nitrogens with one attached hydrogen (secondary N) is 2. The molecular weight excluding hydrogens is 278 g/mol. The SMILES string of the molecule is O=C(NO)c1ccc(C(=O)N/N=C/c2cccs2)cc1. The van der Waals surface area contributed by atoms with Crippen molar-refractivity contribution in [3.63, 3.8) is 0 Å². The number of benzene rings is 1. The Kier molecular flexibility index (Phi) is 4.59. The van der Waals surface area contributed by atoms with Gasteiger partial charge in [-0.05, 0) is 35.7 Å². The van der Waals surface area contributed by atoms with Crippen molar-refractivity contribution in [3.05, 3.63) is 57.8 Å². The van der Waals surface area contributed by atoms with Crippen LogP contribution in [0, 0.1) is 0 Å². The highest BCUT2D eigenvalue weighted by Gasteiger charge is 2.07. The van der Waals surface area contributed by atoms with Gasteiger partial charge >= 0.3 is 0 Å². The third kappa shape index (κ3) is 3.50. The molecule has 0 radical (unpaired) electrons. The maximum Gasteiger partial charge on any atom is 0.274 e. The molecule has 6 nitrogen and oxygen atoms in total. The number of carbonyl (C=O) groups excluding carboxylic acids is 2. The van der Waals surface area contributed by atoms with Crippen LogP contribution in [0.1, 0.15) is 25.6 Å². The van der Waals surface area contributed by atoms with E-state index in [0.29, 0.717) is 5.56 Å². The summed E-state index contributed by atoms with van der Waals surface area (Å²) in [6.45, 7) is 0. The minimum absolute atomic E-state index is 0.256. The van der Waals surface area contributed by atoms with Gasteiger partial charge in [0.15, 0.2) is 0 Å². The topological polar surface area (TPSA) is 90.8 Å². The quantitative estimate of drug-likeness (QED) is 0.454. The van der Waals surface area contributed by atoms with Crippen molar-refractivity contribution in [2.24, 2.45) is 5.10 Å². The fourth-order valence-electron chi connectivity index (χ4n) is 1.42. The molecule has 20 heavy (non-hydrogen) atoms. The molecule has 0 spiro atoms. The van der Waals surface area contributed by atoms with Gasteiger partial charge < -0.3 is 0 Å². The van der Waals surface area contributed by atoms with E-state index in [0.717, 1.165) is 4.88 Å². The number of carbonyl (C=O) groups is 2. The lowest BCUT2D eigenvalue weighted by Gasteiger charge is -2.01. The number of rotatable bonds is 4. The second kappa shape index (κ2) is 6.60. The van der Waals surface area contributed by atoms with Crippen LogP contribution < -0.4 is 10.9 Å². The molecule has 0 aliphatic carbocycles. The molecule has 1 heterocycles. The molecule has 2 rings (SSSR count). The van der Waals surface area contributed by atoms with E-state index < -0.39 is 5.91 Å². The van der Waals surface area contributed by atoms with Crippen LogP contribution >= 0.6 is 11.3 Å². The normalized spacial score (nSPS) is 10.4. The van der Waals surface area contributed by atoms with Crippen LogP contribution in [0.3, 0.4) is 0 Å². The summed E-state index contributed by atoms with van der Waals surface area (Å²) in [4.78, 5) is 23.8. The van der Waals surface area contributed by atoms with Crippen LogP contribution in [-0.4, -0.2) is 23.2 Å². The van der Waals surface area contributed by atoms with E-state index in [9.17, 15) is 9.59 Å². The maximum absolute atomic E-state index is 11.8. The summed E-state index contributed by atoms with van der Waals surface area (Å²) < 4.78 is 0. The molecule has 102 valence electrons. The van der Waals surface area contributed by atoms with Crippen LogP contribution in [0.15, 0.2) is 46.9 Å². The predicted octanol–water partition coefficient (Wildman–Crippen LogP) is 1.63. The van der Waals surface area contributed by atoms with Gasteiger partial charge in [-0.15, -0.1) is 11.3 Å². The molecule has 0 saturated carbocycles. The van der Waals surface area contributed by atoms with E-state index in [4.69, 9.17) is 5.21 Å². The maximum atomic E-state index is 11.8. The number of nitrogens with zero attached hydrogens (tertiary/aromatic N) is 1. The van der Waals surface area contributed by atoms with E-state index in [1.165, 1.54) is 41.1 Å². The molecule has 3 N–H and O–H groups in total. The number of hydrogen-bond donors (Lipinski definition) is 3. The first-order chi connectivity index (χ1) is 9.70. The van der Waals surface area contributed by atoms with E-state index in [1.54, 1.807) is 6.21 Å². The van der Waals surface area contributed by atoms with Gasteiger partial charge in [0.2, 0.25) is 0 Å². The smallest absolute Gasteiger partial charge is 0.274 e. The molecule has 0 unspecified atom stereocenters. The molecule has 0 aliphatic heterocycles. The Hall–Kier alpha value is -2.51. The summed E-state index contributed by atoms with van der Waals surface area (Å²) in [6.07, 6.45) is 1.55. The Labute approximate surface area is 118 Å². The van der Waals surface area contributed by atoms with Crippen LogP contribution in [0.2, 0.25) is 0 Å². The highest BCUT2D eigenvalue weighted by molar-refractivity contribution is 7.11. The summed E-state index contributed by atoms with van der Waals surface area (Å²) >= 11 is 1.51. The van der Waals surface area contributed by atoms with Crippen molar-refractivity contribution in [2.75, 3.05) is 0 Å². The third-order valence-corrected chi connectivity index (χ3v) is 3.22. The summed E-state index contributed by atoms with van der Waals surface area (Å²) in [5.41, 5.74) is 4.52. The van der Waals surface area contributed by atoms with Crippen LogP contribution in [0.25, 0.3) is 0 Å². The molecule has 7 heteroatoms. The standard InChI is InChI=1S/C13H11N3O3S/c17-12(15-14-8-11-2-1-7-20-11)9-3-5-10(6-4-9)13(18)16-19/h1-8,19H,(H,15,17)(H,16,18)/b14-8+. The van der Waals surface area contributed by atoms with Crippen LogP contribution in [0.5, 0.6) is 0 Å². The molecule has 1 aromatic carbocycles. The van der Waals surface area contributed by atoms with Crippen LogP contribution in [-0.2, 0) is 0 Å². The molecule has 1 aromatic heterocycles. The highest BCUT2D eigenvalue weighted by atomic mass is 32.1. The molecule has 0 fully saturated rings. The number of hydrogen-bond acceptors (Lipinski definition) is 5. The number of hydroxylamine groups is 1. The fraction of sp³-hybridized carbons (Fsp3) is 0. The summed E-state index contributed by atoms with van der Waals surface area (Å²) in [5, 5.41) is 14.2. The van der Waals surface area contributed by atoms with E-state index >= 15 is 0 Å². The predicted molar refractivity (Wildman–Crippen MR) is 75.1 cm³/mol. The summed E-state index contributed by atoms with van der Waals surface area (Å²) in [5.74, 6) is -1.01. The first-order valence-corrected chi connectivity index (χ1v) is 6.50. The average molecular weight is 289 g/mol. The van der Waals surface area contributed by atoms with Crippen molar-refractivity contribution in [3.8, 4) is 0 Å². The number of hydrazone groups is 1. The Balaban J connectivity index is 1.97. The zero-order valence-corrected chi connectivity index (χ0v) is 11.1. The number of thiophene rings is 1. The van der Waals surface area contributed by atoms with Crippen LogP contribution in [0.4, 0.5) is 0 Å². The molecule has 2 aromatic rings. The van der Waals surface area contributed by atoms with Gasteiger partial charge in [0, 0.05) is 16.0 Å². The molecule has 0 bridgehead atoms. The Morgan fingerprint density at radius 3 is 2.30 bits per heavy atom. The Morgan fingerprint density at radius 2 is 1.75 bits per heavy atom. The van der Waals surface area contributed by atoms with Crippen molar-refractivity contribution in [2.45, 2.75) is 0 Å². The largest absolute Gasteiger partial charge is 0.288 e. The van der Waals surface area contributed by atoms with Gasteiger partial charge in [-0.3, -0.25) is 14.8 Å². The highest BCUT2D eigenvalue weighted by Crippen LogP contribution is 2.05. The second-order valence-corrected chi connectivity index (χ2v) is 4.71. The molecule has 0 aliphatic rings. The molecule has 2 amide bonds. The zero-order valence-electron chi connectivity index (χ0n) is 10.2. The summed E-state index contributed by atoms with van der Waals surface area (Å²) in [7, 11) is 0. The fourth-order valence-corrected chi connectivity index (χ4v) is 2.01. The molecule has 0 saturated heterocycles. The second-order valence-electron chi connectivity index (χ2n) is 3.73. The van der Waals surface area contributed by atoms with Gasteiger partial charge in [-0.25, -0.2) is 10.9 Å². The Bertz CT molecular complexity index is 621. The van der Waals surface area contributed by atoms with Gasteiger partial charge in [-0.1, -0.05) is 6.07 Å². The van der Waals surface area contributed by atoms with Gasteiger partial charge in [-0.2, -0.15) is 5.10 Å². The first-order valence-electron chi connectivity index (χ1n) is 5.62. The van der Waals surface area contributed by atoms with Crippen molar-refractivity contribution in [1.82, 2.24) is 10.9 Å². The lowest BCUT2D eigenvalue weighted by Crippen LogP contribution is -2.20. The zero-order chi connectivity index (χ0) is 14.4. The minimum Gasteiger partial charge on any atom is -0.288 e. The van der Waals surface area contributed by atoms with Gasteiger partial charge in [0.25, 0.3) is 11.8 Å². The lowest BCUT2D eigenvalue weighted by atomic mass is 10.1.